The zero-order chi connectivity index (χ0) is 34.4. The molecule has 0 aliphatic carbocycles. The summed E-state index contributed by atoms with van der Waals surface area (Å²) < 4.78 is 25.2. The second-order valence-electron chi connectivity index (χ2n) is 15.6. The summed E-state index contributed by atoms with van der Waals surface area (Å²) in [5.74, 6) is -0.764. The molecule has 10 nitrogen and oxygen atoms in total. The number of piperidine rings is 1. The first-order chi connectivity index (χ1) is 21.6. The van der Waals surface area contributed by atoms with E-state index in [1.807, 2.05) is 32.8 Å². The fraction of sp³-hybridized carbons (Fsp3) is 0.944. The van der Waals surface area contributed by atoms with Crippen molar-refractivity contribution in [2.75, 3.05) is 60.5 Å². The van der Waals surface area contributed by atoms with Crippen LogP contribution in [-0.2, 0) is 28.5 Å². The Kier molecular flexibility index (Phi) is 14.5. The van der Waals surface area contributed by atoms with Gasteiger partial charge in [0.05, 0.1) is 17.8 Å². The number of cyclic esters (lactones) is 1. The normalized spacial score (nSPS) is 38.2. The Hall–Kier alpha value is -1.14. The summed E-state index contributed by atoms with van der Waals surface area (Å²) >= 11 is 0. The topological polar surface area (TPSA) is 101 Å². The van der Waals surface area contributed by atoms with Gasteiger partial charge in [0.15, 0.2) is 12.1 Å². The van der Waals surface area contributed by atoms with Crippen LogP contribution in [0.1, 0.15) is 93.9 Å². The summed E-state index contributed by atoms with van der Waals surface area (Å²) in [6, 6.07) is -0.0955. The first-order valence-corrected chi connectivity index (χ1v) is 18.0. The van der Waals surface area contributed by atoms with Crippen molar-refractivity contribution >= 4 is 11.8 Å². The minimum atomic E-state index is -1.39. The molecule has 3 rings (SSSR count). The van der Waals surface area contributed by atoms with Gasteiger partial charge in [0, 0.05) is 31.7 Å². The second kappa shape index (κ2) is 17.0. The summed E-state index contributed by atoms with van der Waals surface area (Å²) in [4.78, 5) is 35.0. The van der Waals surface area contributed by atoms with Crippen molar-refractivity contribution in [2.24, 2.45) is 23.2 Å². The lowest BCUT2D eigenvalue weighted by Crippen LogP contribution is -2.59. The zero-order valence-corrected chi connectivity index (χ0v) is 30.9. The molecule has 10 heteroatoms. The van der Waals surface area contributed by atoms with Gasteiger partial charge in [-0.15, -0.1) is 0 Å². The molecule has 46 heavy (non-hydrogen) atoms. The van der Waals surface area contributed by atoms with E-state index >= 15 is 0 Å². The number of carbonyl (C=O) groups is 2. The molecule has 0 amide bonds. The highest BCUT2D eigenvalue weighted by atomic mass is 16.7. The number of methoxy groups -OCH3 is 1. The number of nitrogens with zero attached hydrogens (tertiary/aromatic N) is 3. The van der Waals surface area contributed by atoms with Crippen LogP contribution in [0, 0.1) is 23.2 Å². The summed E-state index contributed by atoms with van der Waals surface area (Å²) in [6.45, 7) is 21.0. The van der Waals surface area contributed by atoms with Gasteiger partial charge < -0.3 is 33.9 Å². The number of aliphatic hydroxyl groups is 1. The van der Waals surface area contributed by atoms with E-state index in [4.69, 9.17) is 18.9 Å². The number of Topliss-reactive ketones (excluding diaryl/α,β-unsaturated/α-hetero) is 1. The molecule has 0 bridgehead atoms. The number of likely N-dealkylation sites (tertiary alicyclic amines) is 1. The third-order valence-electron chi connectivity index (χ3n) is 11.1. The van der Waals surface area contributed by atoms with Gasteiger partial charge in [-0.05, 0) is 118 Å². The highest BCUT2D eigenvalue weighted by molar-refractivity contribution is 6.04. The Labute approximate surface area is 279 Å². The van der Waals surface area contributed by atoms with Crippen molar-refractivity contribution in [3.8, 4) is 0 Å². The van der Waals surface area contributed by atoms with Gasteiger partial charge in [-0.1, -0.05) is 27.7 Å². The number of rotatable bonds is 9. The number of hydrogen-bond acceptors (Lipinski definition) is 10. The van der Waals surface area contributed by atoms with Crippen LogP contribution in [0.3, 0.4) is 0 Å². The lowest BCUT2D eigenvalue weighted by atomic mass is 9.74. The predicted octanol–water partition coefficient (Wildman–Crippen LogP) is 4.22. The largest absolute Gasteiger partial charge is 0.463 e. The number of hydrogen-bond donors (Lipinski definition) is 1. The standard InChI is InChI=1S/C36H67N3O7/c1-12-16-38-17-14-27(15-18-38)20-28-23-44-34(42)35(6,7)31(41)26(5)32(36(8,43-11)21-24(3)22-39(28)13-2)46-33-30(40)29(37(9)10)19-25(4)45-33/h24-30,32-33,40H,12-23H2,1-11H3/t24-,25-,26+,28-,29+,30-,32-,33+,36-/m1/s1. The van der Waals surface area contributed by atoms with Crippen molar-refractivity contribution in [1.29, 1.82) is 0 Å². The molecule has 3 fully saturated rings. The van der Waals surface area contributed by atoms with Crippen LogP contribution in [0.4, 0.5) is 0 Å². The SMILES string of the molecule is CCCN1CCC(C[C@@H]2COC(=O)C(C)(C)C(=O)[C@H](C)[C@@H](O[C@@H]3O[C@H](C)C[C@H](N(C)C)[C@H]3O)[C@](C)(OC)C[C@@H](C)CN2CC)CC1. The molecular weight excluding hydrogens is 586 g/mol. The third kappa shape index (κ3) is 9.51. The number of carbonyl (C=O) groups excluding carboxylic acids is 2. The Morgan fingerprint density at radius 1 is 1.07 bits per heavy atom. The molecule has 0 aromatic rings. The van der Waals surface area contributed by atoms with E-state index in [1.165, 1.54) is 6.42 Å². The van der Waals surface area contributed by atoms with Crippen LogP contribution in [0.2, 0.25) is 0 Å². The second-order valence-corrected chi connectivity index (χ2v) is 15.6. The number of esters is 1. The van der Waals surface area contributed by atoms with Crippen LogP contribution in [0.25, 0.3) is 0 Å². The molecule has 0 saturated carbocycles. The number of likely N-dealkylation sites (N-methyl/N-ethyl adjacent to an activating group) is 2. The van der Waals surface area contributed by atoms with E-state index in [1.54, 1.807) is 27.9 Å². The smallest absolute Gasteiger partial charge is 0.319 e. The molecule has 3 aliphatic heterocycles. The van der Waals surface area contributed by atoms with Crippen molar-refractivity contribution in [3.63, 3.8) is 0 Å². The van der Waals surface area contributed by atoms with Crippen molar-refractivity contribution < 1.29 is 33.6 Å². The molecular formula is C36H67N3O7. The first kappa shape index (κ1) is 39.3. The lowest BCUT2D eigenvalue weighted by molar-refractivity contribution is -0.295. The Morgan fingerprint density at radius 2 is 1.72 bits per heavy atom. The molecule has 0 aromatic carbocycles. The van der Waals surface area contributed by atoms with Crippen LogP contribution in [0.15, 0.2) is 0 Å². The summed E-state index contributed by atoms with van der Waals surface area (Å²) in [5, 5.41) is 11.4. The average molecular weight is 654 g/mol. The predicted molar refractivity (Wildman–Crippen MR) is 181 cm³/mol. The molecule has 3 aliphatic rings. The van der Waals surface area contributed by atoms with Crippen LogP contribution >= 0.6 is 0 Å². The van der Waals surface area contributed by atoms with E-state index in [9.17, 15) is 14.7 Å². The summed E-state index contributed by atoms with van der Waals surface area (Å²) in [5.41, 5.74) is -2.30. The zero-order valence-electron chi connectivity index (χ0n) is 30.9. The molecule has 3 heterocycles. The van der Waals surface area contributed by atoms with Crippen molar-refractivity contribution in [2.45, 2.75) is 136 Å². The Balaban J connectivity index is 1.94. The van der Waals surface area contributed by atoms with Gasteiger partial charge in [0.25, 0.3) is 0 Å². The lowest BCUT2D eigenvalue weighted by Gasteiger charge is -2.47. The molecule has 1 N–H and O–H groups in total. The summed E-state index contributed by atoms with van der Waals surface area (Å²) in [6.07, 6.45) is 2.94. The molecule has 0 spiro atoms. The molecule has 9 atom stereocenters. The first-order valence-electron chi connectivity index (χ1n) is 18.0. The minimum absolute atomic E-state index is 0.0688. The van der Waals surface area contributed by atoms with E-state index < -0.39 is 41.4 Å². The maximum Gasteiger partial charge on any atom is 0.319 e. The Morgan fingerprint density at radius 3 is 2.28 bits per heavy atom. The van der Waals surface area contributed by atoms with Gasteiger partial charge in [0.1, 0.15) is 18.1 Å². The summed E-state index contributed by atoms with van der Waals surface area (Å²) in [7, 11) is 5.53. The molecule has 0 unspecified atom stereocenters. The molecule has 3 saturated heterocycles. The van der Waals surface area contributed by atoms with Crippen LogP contribution in [-0.4, -0.2) is 134 Å². The van der Waals surface area contributed by atoms with Crippen molar-refractivity contribution in [1.82, 2.24) is 14.7 Å². The Bertz CT molecular complexity index is 971. The quantitative estimate of drug-likeness (QED) is 0.288. The van der Waals surface area contributed by atoms with Gasteiger partial charge >= 0.3 is 5.97 Å². The highest BCUT2D eigenvalue weighted by Crippen LogP contribution is 2.38. The monoisotopic (exact) mass is 653 g/mol. The number of ether oxygens (including phenoxy) is 4. The van der Waals surface area contributed by atoms with Crippen LogP contribution in [0.5, 0.6) is 0 Å². The number of aliphatic hydroxyl groups excluding tert-OH is 1. The van der Waals surface area contributed by atoms with Gasteiger partial charge in [-0.25, -0.2) is 0 Å². The van der Waals surface area contributed by atoms with E-state index in [0.717, 1.165) is 52.0 Å². The van der Waals surface area contributed by atoms with Gasteiger partial charge in [-0.2, -0.15) is 0 Å². The molecule has 268 valence electrons. The van der Waals surface area contributed by atoms with Gasteiger partial charge in [-0.3, -0.25) is 14.5 Å². The maximum absolute atomic E-state index is 14.3. The average Bonchev–Trinajstić information content (AvgIpc) is 3.01. The van der Waals surface area contributed by atoms with Gasteiger partial charge in [0.2, 0.25) is 0 Å². The number of ketones is 1. The van der Waals surface area contributed by atoms with E-state index in [0.29, 0.717) is 18.8 Å². The maximum atomic E-state index is 14.3. The fourth-order valence-corrected chi connectivity index (χ4v) is 8.23. The van der Waals surface area contributed by atoms with Crippen LogP contribution < -0.4 is 0 Å². The van der Waals surface area contributed by atoms with E-state index in [-0.39, 0.29) is 36.5 Å². The minimum Gasteiger partial charge on any atom is -0.463 e. The van der Waals surface area contributed by atoms with Crippen molar-refractivity contribution in [3.05, 3.63) is 0 Å². The van der Waals surface area contributed by atoms with E-state index in [2.05, 4.69) is 30.6 Å². The molecule has 0 aromatic heterocycles. The highest BCUT2D eigenvalue weighted by Gasteiger charge is 2.51. The third-order valence-corrected chi connectivity index (χ3v) is 11.1. The molecule has 0 radical (unpaired) electrons. The fourth-order valence-electron chi connectivity index (χ4n) is 8.23.